The lowest BCUT2D eigenvalue weighted by molar-refractivity contribution is -0.384. The Morgan fingerprint density at radius 1 is 0.963 bits per heavy atom. The maximum absolute atomic E-state index is 12.3. The van der Waals surface area contributed by atoms with Crippen LogP contribution in [0.3, 0.4) is 0 Å². The van der Waals surface area contributed by atoms with Crippen LogP contribution in [-0.2, 0) is 4.79 Å². The SMILES string of the molecule is O=C(NCC(=O)N1CCN(c2ccccc2)CC1)c1ccc([N+](=O)[O-])cc1. The second kappa shape index (κ2) is 8.31. The number of nitrogens with one attached hydrogen (secondary N) is 1. The number of carbonyl (C=O) groups is 2. The van der Waals surface area contributed by atoms with Crippen molar-refractivity contribution in [2.45, 2.75) is 0 Å². The predicted octanol–water partition coefficient (Wildman–Crippen LogP) is 1.67. The van der Waals surface area contributed by atoms with Gasteiger partial charge in [-0.05, 0) is 24.3 Å². The summed E-state index contributed by atoms with van der Waals surface area (Å²) in [6.07, 6.45) is 0. The Labute approximate surface area is 156 Å². The van der Waals surface area contributed by atoms with Crippen LogP contribution in [0.15, 0.2) is 54.6 Å². The van der Waals surface area contributed by atoms with E-state index < -0.39 is 10.8 Å². The standard InChI is InChI=1S/C19H20N4O4/c24-18(14-20-19(25)15-6-8-17(9-7-15)23(26)27)22-12-10-21(11-13-22)16-4-2-1-3-5-16/h1-9H,10-14H2,(H,20,25). The molecule has 0 aromatic heterocycles. The molecule has 0 bridgehead atoms. The number of amides is 2. The van der Waals surface area contributed by atoms with E-state index in [-0.39, 0.29) is 23.7 Å². The van der Waals surface area contributed by atoms with Gasteiger partial charge in [0, 0.05) is 49.6 Å². The number of hydrogen-bond donors (Lipinski definition) is 1. The normalized spacial score (nSPS) is 13.9. The fourth-order valence-corrected chi connectivity index (χ4v) is 2.96. The third-order valence-corrected chi connectivity index (χ3v) is 4.49. The molecule has 0 saturated carbocycles. The van der Waals surface area contributed by atoms with Gasteiger partial charge in [-0.2, -0.15) is 0 Å². The summed E-state index contributed by atoms with van der Waals surface area (Å²) in [7, 11) is 0. The van der Waals surface area contributed by atoms with Crippen LogP contribution in [0.1, 0.15) is 10.4 Å². The number of carbonyl (C=O) groups excluding carboxylic acids is 2. The van der Waals surface area contributed by atoms with Crippen molar-refractivity contribution >= 4 is 23.2 Å². The molecule has 1 aliphatic rings. The van der Waals surface area contributed by atoms with E-state index in [2.05, 4.69) is 10.2 Å². The highest BCUT2D eigenvalue weighted by molar-refractivity contribution is 5.96. The van der Waals surface area contributed by atoms with Gasteiger partial charge in [0.05, 0.1) is 11.5 Å². The van der Waals surface area contributed by atoms with Gasteiger partial charge in [-0.25, -0.2) is 0 Å². The smallest absolute Gasteiger partial charge is 0.269 e. The van der Waals surface area contributed by atoms with Crippen LogP contribution in [0.4, 0.5) is 11.4 Å². The van der Waals surface area contributed by atoms with Crippen molar-refractivity contribution in [3.8, 4) is 0 Å². The highest BCUT2D eigenvalue weighted by Gasteiger charge is 2.21. The summed E-state index contributed by atoms with van der Waals surface area (Å²) < 4.78 is 0. The zero-order valence-electron chi connectivity index (χ0n) is 14.7. The third-order valence-electron chi connectivity index (χ3n) is 4.49. The van der Waals surface area contributed by atoms with Crippen molar-refractivity contribution in [1.82, 2.24) is 10.2 Å². The fourth-order valence-electron chi connectivity index (χ4n) is 2.96. The topological polar surface area (TPSA) is 95.8 Å². The highest BCUT2D eigenvalue weighted by atomic mass is 16.6. The molecule has 140 valence electrons. The van der Waals surface area contributed by atoms with Crippen molar-refractivity contribution in [2.75, 3.05) is 37.6 Å². The molecule has 3 rings (SSSR count). The van der Waals surface area contributed by atoms with Crippen molar-refractivity contribution in [1.29, 1.82) is 0 Å². The van der Waals surface area contributed by atoms with Crippen LogP contribution < -0.4 is 10.2 Å². The number of anilines is 1. The molecule has 8 heteroatoms. The lowest BCUT2D eigenvalue weighted by atomic mass is 10.2. The number of piperazine rings is 1. The van der Waals surface area contributed by atoms with Gasteiger partial charge in [-0.1, -0.05) is 18.2 Å². The number of nitrogens with zero attached hydrogens (tertiary/aromatic N) is 3. The Hall–Kier alpha value is -3.42. The van der Waals surface area contributed by atoms with Crippen LogP contribution in [0.2, 0.25) is 0 Å². The zero-order valence-corrected chi connectivity index (χ0v) is 14.7. The zero-order chi connectivity index (χ0) is 19.2. The molecule has 1 heterocycles. The van der Waals surface area contributed by atoms with Gasteiger partial charge in [0.2, 0.25) is 5.91 Å². The molecule has 2 aromatic rings. The number of rotatable bonds is 5. The highest BCUT2D eigenvalue weighted by Crippen LogP contribution is 2.15. The van der Waals surface area contributed by atoms with Crippen molar-refractivity contribution in [3.05, 3.63) is 70.3 Å². The second-order valence-electron chi connectivity index (χ2n) is 6.19. The van der Waals surface area contributed by atoms with E-state index in [1.54, 1.807) is 4.90 Å². The van der Waals surface area contributed by atoms with Gasteiger partial charge in [0.15, 0.2) is 0 Å². The van der Waals surface area contributed by atoms with Crippen LogP contribution in [0.25, 0.3) is 0 Å². The first kappa shape index (κ1) is 18.4. The van der Waals surface area contributed by atoms with Gasteiger partial charge >= 0.3 is 0 Å². The lowest BCUT2D eigenvalue weighted by Gasteiger charge is -2.36. The summed E-state index contributed by atoms with van der Waals surface area (Å²) in [6, 6.07) is 15.3. The number of benzene rings is 2. The minimum Gasteiger partial charge on any atom is -0.368 e. The first-order valence-corrected chi connectivity index (χ1v) is 8.65. The average molecular weight is 368 g/mol. The Balaban J connectivity index is 1.47. The van der Waals surface area contributed by atoms with E-state index >= 15 is 0 Å². The predicted molar refractivity (Wildman–Crippen MR) is 101 cm³/mol. The molecule has 0 radical (unpaired) electrons. The van der Waals surface area contributed by atoms with Crippen molar-refractivity contribution < 1.29 is 14.5 Å². The molecule has 0 unspecified atom stereocenters. The monoisotopic (exact) mass is 368 g/mol. The molecular formula is C19H20N4O4. The first-order valence-electron chi connectivity index (χ1n) is 8.65. The number of nitro groups is 1. The molecule has 0 atom stereocenters. The molecule has 0 spiro atoms. The van der Waals surface area contributed by atoms with Gasteiger partial charge in [0.1, 0.15) is 0 Å². The summed E-state index contributed by atoms with van der Waals surface area (Å²) in [5.74, 6) is -0.570. The minimum absolute atomic E-state index is 0.0843. The number of hydrogen-bond acceptors (Lipinski definition) is 5. The van der Waals surface area contributed by atoms with Crippen molar-refractivity contribution in [3.63, 3.8) is 0 Å². The van der Waals surface area contributed by atoms with E-state index in [9.17, 15) is 19.7 Å². The second-order valence-corrected chi connectivity index (χ2v) is 6.19. The Morgan fingerprint density at radius 2 is 1.59 bits per heavy atom. The summed E-state index contributed by atoms with van der Waals surface area (Å²) in [4.78, 5) is 38.5. The summed E-state index contributed by atoms with van der Waals surface area (Å²) in [5.41, 5.74) is 1.33. The molecule has 1 fully saturated rings. The van der Waals surface area contributed by atoms with Crippen LogP contribution >= 0.6 is 0 Å². The number of para-hydroxylation sites is 1. The van der Waals surface area contributed by atoms with E-state index in [4.69, 9.17) is 0 Å². The summed E-state index contributed by atoms with van der Waals surface area (Å²) in [5, 5.41) is 13.2. The molecular weight excluding hydrogens is 348 g/mol. The number of non-ortho nitro benzene ring substituents is 1. The molecule has 2 aromatic carbocycles. The molecule has 0 aliphatic carbocycles. The average Bonchev–Trinajstić information content (AvgIpc) is 2.72. The van der Waals surface area contributed by atoms with Crippen molar-refractivity contribution in [2.24, 2.45) is 0 Å². The fraction of sp³-hybridized carbons (Fsp3) is 0.263. The maximum atomic E-state index is 12.3. The Kier molecular flexibility index (Phi) is 5.65. The Morgan fingerprint density at radius 3 is 2.19 bits per heavy atom. The van der Waals surface area contributed by atoms with Crippen LogP contribution in [-0.4, -0.2) is 54.4 Å². The van der Waals surface area contributed by atoms with Gasteiger partial charge in [-0.15, -0.1) is 0 Å². The molecule has 1 saturated heterocycles. The van der Waals surface area contributed by atoms with Crippen LogP contribution in [0.5, 0.6) is 0 Å². The van der Waals surface area contributed by atoms with E-state index in [0.717, 1.165) is 18.8 Å². The maximum Gasteiger partial charge on any atom is 0.269 e. The molecule has 1 aliphatic heterocycles. The van der Waals surface area contributed by atoms with Crippen LogP contribution in [0, 0.1) is 10.1 Å². The minimum atomic E-state index is -0.527. The number of nitro benzene ring substituents is 1. The van der Waals surface area contributed by atoms with E-state index in [0.29, 0.717) is 13.1 Å². The summed E-state index contributed by atoms with van der Waals surface area (Å²) in [6.45, 7) is 2.58. The molecule has 2 amide bonds. The van der Waals surface area contributed by atoms with E-state index in [1.165, 1.54) is 24.3 Å². The Bertz CT molecular complexity index is 815. The van der Waals surface area contributed by atoms with Gasteiger partial charge in [-0.3, -0.25) is 19.7 Å². The molecule has 8 nitrogen and oxygen atoms in total. The van der Waals surface area contributed by atoms with Gasteiger partial charge in [0.25, 0.3) is 11.6 Å². The third kappa shape index (κ3) is 4.60. The summed E-state index contributed by atoms with van der Waals surface area (Å²) >= 11 is 0. The quantitative estimate of drug-likeness (QED) is 0.640. The molecule has 27 heavy (non-hydrogen) atoms. The van der Waals surface area contributed by atoms with Gasteiger partial charge < -0.3 is 15.1 Å². The molecule has 1 N–H and O–H groups in total. The largest absolute Gasteiger partial charge is 0.368 e. The lowest BCUT2D eigenvalue weighted by Crippen LogP contribution is -2.51. The first-order chi connectivity index (χ1) is 13.0. The van der Waals surface area contributed by atoms with E-state index in [1.807, 2.05) is 30.3 Å².